The second kappa shape index (κ2) is 7.01. The van der Waals surface area contributed by atoms with E-state index in [0.717, 1.165) is 41.2 Å². The fourth-order valence-electron chi connectivity index (χ4n) is 3.52. The molecule has 1 N–H and O–H groups in total. The lowest BCUT2D eigenvalue weighted by atomic mass is 9.95. The molecule has 7 heteroatoms. The van der Waals surface area contributed by atoms with Crippen LogP contribution < -0.4 is 4.90 Å². The highest BCUT2D eigenvalue weighted by molar-refractivity contribution is 6.31. The van der Waals surface area contributed by atoms with Gasteiger partial charge in [-0.25, -0.2) is 14.4 Å². The molecule has 0 unspecified atom stereocenters. The minimum Gasteiger partial charge on any atom is -0.391 e. The van der Waals surface area contributed by atoms with E-state index in [2.05, 4.69) is 25.7 Å². The Balaban J connectivity index is 1.82. The molecule has 1 atom stereocenters. The summed E-state index contributed by atoms with van der Waals surface area (Å²) in [7, 11) is 0. The van der Waals surface area contributed by atoms with Gasteiger partial charge in [0.05, 0.1) is 18.0 Å². The molecule has 148 valence electrons. The average molecular weight is 403 g/mol. The summed E-state index contributed by atoms with van der Waals surface area (Å²) in [6.45, 7) is 8.09. The van der Waals surface area contributed by atoms with Gasteiger partial charge in [-0.1, -0.05) is 38.4 Å². The van der Waals surface area contributed by atoms with Gasteiger partial charge in [-0.15, -0.1) is 0 Å². The Kier molecular flexibility index (Phi) is 4.79. The Bertz CT molecular complexity index is 1030. The van der Waals surface area contributed by atoms with Gasteiger partial charge in [-0.05, 0) is 30.2 Å². The normalized spacial score (nSPS) is 17.6. The smallest absolute Gasteiger partial charge is 0.146 e. The van der Waals surface area contributed by atoms with Crippen LogP contribution in [0.4, 0.5) is 10.2 Å². The molecule has 28 heavy (non-hydrogen) atoms. The molecule has 1 aromatic carbocycles. The SMILES string of the molecule is CC(C)(C)c1nc(N2CC[C@H](O)C2)c2ccn(Cc3ccc(F)cc3Cl)c2n1. The monoisotopic (exact) mass is 402 g/mol. The van der Waals surface area contributed by atoms with E-state index < -0.39 is 0 Å². The Hall–Kier alpha value is -2.18. The van der Waals surface area contributed by atoms with Crippen molar-refractivity contribution in [3.8, 4) is 0 Å². The molecule has 0 amide bonds. The molecule has 2 aromatic heterocycles. The van der Waals surface area contributed by atoms with Gasteiger partial charge < -0.3 is 14.6 Å². The van der Waals surface area contributed by atoms with E-state index in [0.29, 0.717) is 18.1 Å². The van der Waals surface area contributed by atoms with Crippen LogP contribution in [0.5, 0.6) is 0 Å². The number of β-amino-alcohol motifs (C(OH)–C–C–N with tert-alkyl or cyclic N) is 1. The van der Waals surface area contributed by atoms with E-state index in [1.54, 1.807) is 6.07 Å². The number of fused-ring (bicyclic) bond motifs is 1. The van der Waals surface area contributed by atoms with Crippen LogP contribution in [-0.4, -0.2) is 38.8 Å². The van der Waals surface area contributed by atoms with Crippen LogP contribution in [0.15, 0.2) is 30.5 Å². The van der Waals surface area contributed by atoms with Crippen LogP contribution in [0, 0.1) is 5.82 Å². The van der Waals surface area contributed by atoms with Gasteiger partial charge in [-0.3, -0.25) is 0 Å². The zero-order chi connectivity index (χ0) is 20.1. The van der Waals surface area contributed by atoms with Crippen LogP contribution >= 0.6 is 11.6 Å². The molecule has 0 saturated carbocycles. The first-order chi connectivity index (χ1) is 13.2. The van der Waals surface area contributed by atoms with Crippen LogP contribution in [-0.2, 0) is 12.0 Å². The fourth-order valence-corrected chi connectivity index (χ4v) is 3.75. The van der Waals surface area contributed by atoms with Crippen molar-refractivity contribution < 1.29 is 9.50 Å². The molecule has 1 fully saturated rings. The number of aliphatic hydroxyl groups is 1. The number of aromatic nitrogens is 3. The van der Waals surface area contributed by atoms with Crippen LogP contribution in [0.1, 0.15) is 38.6 Å². The number of nitrogens with zero attached hydrogens (tertiary/aromatic N) is 4. The quantitative estimate of drug-likeness (QED) is 0.715. The van der Waals surface area contributed by atoms with Crippen molar-refractivity contribution in [1.29, 1.82) is 0 Å². The van der Waals surface area contributed by atoms with Gasteiger partial charge in [-0.2, -0.15) is 0 Å². The molecule has 5 nitrogen and oxygen atoms in total. The second-order valence-electron chi connectivity index (χ2n) is 8.43. The summed E-state index contributed by atoms with van der Waals surface area (Å²) in [6.07, 6.45) is 2.37. The fraction of sp³-hybridized carbons (Fsp3) is 0.429. The van der Waals surface area contributed by atoms with Gasteiger partial charge in [0.15, 0.2) is 0 Å². The molecule has 0 aliphatic carbocycles. The molecule has 4 rings (SSSR count). The average Bonchev–Trinajstić information content (AvgIpc) is 3.22. The Labute approximate surface area is 168 Å². The van der Waals surface area contributed by atoms with Gasteiger partial charge >= 0.3 is 0 Å². The van der Waals surface area contributed by atoms with Crippen LogP contribution in [0.25, 0.3) is 11.0 Å². The lowest BCUT2D eigenvalue weighted by Crippen LogP contribution is -2.25. The van der Waals surface area contributed by atoms with Gasteiger partial charge in [0.2, 0.25) is 0 Å². The van der Waals surface area contributed by atoms with Gasteiger partial charge in [0.25, 0.3) is 0 Å². The van der Waals surface area contributed by atoms with E-state index in [4.69, 9.17) is 21.6 Å². The number of benzene rings is 1. The summed E-state index contributed by atoms with van der Waals surface area (Å²) in [4.78, 5) is 11.8. The van der Waals surface area contributed by atoms with Gasteiger partial charge in [0, 0.05) is 29.7 Å². The second-order valence-corrected chi connectivity index (χ2v) is 8.83. The van der Waals surface area contributed by atoms with E-state index in [9.17, 15) is 9.50 Å². The maximum absolute atomic E-state index is 13.4. The topological polar surface area (TPSA) is 54.2 Å². The highest BCUT2D eigenvalue weighted by Crippen LogP contribution is 2.32. The summed E-state index contributed by atoms with van der Waals surface area (Å²) < 4.78 is 15.4. The molecule has 1 aliphatic rings. The predicted octanol–water partition coefficient (Wildman–Crippen LogP) is 4.14. The van der Waals surface area contributed by atoms with Gasteiger partial charge in [0.1, 0.15) is 23.1 Å². The Morgan fingerprint density at radius 2 is 2.04 bits per heavy atom. The van der Waals surface area contributed by atoms with E-state index >= 15 is 0 Å². The number of hydrogen-bond acceptors (Lipinski definition) is 4. The van der Waals surface area contributed by atoms with E-state index in [1.807, 2.05) is 16.8 Å². The summed E-state index contributed by atoms with van der Waals surface area (Å²) in [5, 5.41) is 11.3. The maximum atomic E-state index is 13.4. The maximum Gasteiger partial charge on any atom is 0.146 e. The predicted molar refractivity (Wildman–Crippen MR) is 110 cm³/mol. The third-order valence-corrected chi connectivity index (χ3v) is 5.44. The Morgan fingerprint density at radius 1 is 1.25 bits per heavy atom. The standard InChI is InChI=1S/C21H24ClFN4O/c1-21(2,3)20-24-18-16(19(25-20)27-8-6-15(28)12-27)7-9-26(18)11-13-4-5-14(23)10-17(13)22/h4-5,7,9-10,15,28H,6,8,11-12H2,1-3H3/t15-/m0/s1. The zero-order valence-corrected chi connectivity index (χ0v) is 17.0. The van der Waals surface area contributed by atoms with Crippen molar-refractivity contribution in [1.82, 2.24) is 14.5 Å². The van der Waals surface area contributed by atoms with Crippen molar-refractivity contribution >= 4 is 28.5 Å². The van der Waals surface area contributed by atoms with Crippen molar-refractivity contribution in [3.63, 3.8) is 0 Å². The summed E-state index contributed by atoms with van der Waals surface area (Å²) in [5.74, 6) is 1.26. The Morgan fingerprint density at radius 3 is 2.68 bits per heavy atom. The molecule has 3 aromatic rings. The van der Waals surface area contributed by atoms with E-state index in [1.165, 1.54) is 12.1 Å². The molecule has 1 aliphatic heterocycles. The van der Waals surface area contributed by atoms with Crippen molar-refractivity contribution in [2.24, 2.45) is 0 Å². The van der Waals surface area contributed by atoms with Crippen molar-refractivity contribution in [3.05, 3.63) is 52.7 Å². The molecule has 1 saturated heterocycles. The summed E-state index contributed by atoms with van der Waals surface area (Å²) >= 11 is 6.23. The molecule has 0 radical (unpaired) electrons. The van der Waals surface area contributed by atoms with E-state index in [-0.39, 0.29) is 17.3 Å². The summed E-state index contributed by atoms with van der Waals surface area (Å²) in [6, 6.07) is 6.45. The number of hydrogen-bond donors (Lipinski definition) is 1. The number of aliphatic hydroxyl groups excluding tert-OH is 1. The largest absolute Gasteiger partial charge is 0.391 e. The van der Waals surface area contributed by atoms with Crippen LogP contribution in [0.3, 0.4) is 0 Å². The first-order valence-electron chi connectivity index (χ1n) is 9.46. The third-order valence-electron chi connectivity index (χ3n) is 5.09. The number of rotatable bonds is 3. The third kappa shape index (κ3) is 3.59. The minimum atomic E-state index is -0.349. The van der Waals surface area contributed by atoms with Crippen molar-refractivity contribution in [2.45, 2.75) is 45.3 Å². The lowest BCUT2D eigenvalue weighted by Gasteiger charge is -2.23. The highest BCUT2D eigenvalue weighted by atomic mass is 35.5. The minimum absolute atomic E-state index is 0.218. The number of halogens is 2. The molecular weight excluding hydrogens is 379 g/mol. The first-order valence-corrected chi connectivity index (χ1v) is 9.84. The first kappa shape index (κ1) is 19.2. The summed E-state index contributed by atoms with van der Waals surface area (Å²) in [5.41, 5.74) is 1.43. The molecule has 3 heterocycles. The lowest BCUT2D eigenvalue weighted by molar-refractivity contribution is 0.198. The number of anilines is 1. The molecule has 0 bridgehead atoms. The van der Waals surface area contributed by atoms with Crippen molar-refractivity contribution in [2.75, 3.05) is 18.0 Å². The molecule has 0 spiro atoms. The highest BCUT2D eigenvalue weighted by Gasteiger charge is 2.27. The van der Waals surface area contributed by atoms with Crippen LogP contribution in [0.2, 0.25) is 5.02 Å². The molecular formula is C21H24ClFN4O. The zero-order valence-electron chi connectivity index (χ0n) is 16.3.